The number of hydrogen-bond donors (Lipinski definition) is 0. The zero-order chi connectivity index (χ0) is 19.4. The maximum Gasteiger partial charge on any atom is 0.433 e. The van der Waals surface area contributed by atoms with Crippen molar-refractivity contribution in [2.24, 2.45) is 0 Å². The summed E-state index contributed by atoms with van der Waals surface area (Å²) in [4.78, 5) is 22.2. The van der Waals surface area contributed by atoms with Crippen LogP contribution in [0.15, 0.2) is 41.6 Å². The van der Waals surface area contributed by atoms with E-state index in [2.05, 4.69) is 9.97 Å². The third kappa shape index (κ3) is 5.16. The standard InChI is InChI=1S/C18H18F3N3OS2/c1-12(16(25)24-7-9-26-10-8-24)27-17-22-14(13-5-3-2-4-6-13)11-15(23-17)18(19,20)21/h2-6,11-12H,7-10H2,1H3. The summed E-state index contributed by atoms with van der Waals surface area (Å²) in [7, 11) is 0. The summed E-state index contributed by atoms with van der Waals surface area (Å²) >= 11 is 2.75. The second kappa shape index (κ2) is 8.52. The Kier molecular flexibility index (Phi) is 6.31. The average Bonchev–Trinajstić information content (AvgIpc) is 2.68. The van der Waals surface area contributed by atoms with Crippen molar-refractivity contribution in [3.05, 3.63) is 42.1 Å². The van der Waals surface area contributed by atoms with Gasteiger partial charge in [0.15, 0.2) is 5.16 Å². The van der Waals surface area contributed by atoms with Crippen molar-refractivity contribution in [2.75, 3.05) is 24.6 Å². The molecule has 1 amide bonds. The molecule has 9 heteroatoms. The number of benzene rings is 1. The molecule has 2 aromatic rings. The van der Waals surface area contributed by atoms with E-state index in [0.29, 0.717) is 18.7 Å². The van der Waals surface area contributed by atoms with Gasteiger partial charge in [0.2, 0.25) is 5.91 Å². The summed E-state index contributed by atoms with van der Waals surface area (Å²) in [5, 5.41) is -0.601. The SMILES string of the molecule is CC(Sc1nc(-c2ccccc2)cc(C(F)(F)F)n1)C(=O)N1CCSCC1. The monoisotopic (exact) mass is 413 g/mol. The molecule has 0 spiro atoms. The molecule has 144 valence electrons. The molecule has 4 nitrogen and oxygen atoms in total. The molecule has 3 rings (SSSR count). The van der Waals surface area contributed by atoms with Gasteiger partial charge in [-0.15, -0.1) is 0 Å². The van der Waals surface area contributed by atoms with Crippen molar-refractivity contribution in [1.29, 1.82) is 0 Å². The summed E-state index contributed by atoms with van der Waals surface area (Å²) in [5.74, 6) is 1.66. The average molecular weight is 413 g/mol. The lowest BCUT2D eigenvalue weighted by Crippen LogP contribution is -2.41. The summed E-state index contributed by atoms with van der Waals surface area (Å²) in [6, 6.07) is 9.57. The Morgan fingerprint density at radius 2 is 1.85 bits per heavy atom. The number of carbonyl (C=O) groups is 1. The van der Waals surface area contributed by atoms with E-state index < -0.39 is 17.1 Å². The highest BCUT2D eigenvalue weighted by molar-refractivity contribution is 8.00. The normalized spacial score (nSPS) is 16.2. The molecule has 1 aromatic carbocycles. The first-order valence-corrected chi connectivity index (χ1v) is 10.4. The number of nitrogens with zero attached hydrogens (tertiary/aromatic N) is 3. The fourth-order valence-corrected chi connectivity index (χ4v) is 4.40. The molecule has 1 aliphatic heterocycles. The first-order valence-electron chi connectivity index (χ1n) is 8.39. The molecule has 1 fully saturated rings. The number of thioether (sulfide) groups is 2. The second-order valence-corrected chi connectivity index (χ2v) is 8.52. The van der Waals surface area contributed by atoms with E-state index in [-0.39, 0.29) is 16.8 Å². The molecule has 0 aliphatic carbocycles. The van der Waals surface area contributed by atoms with Gasteiger partial charge in [0, 0.05) is 30.2 Å². The first kappa shape index (κ1) is 20.0. The summed E-state index contributed by atoms with van der Waals surface area (Å²) in [5.41, 5.74) is -0.249. The number of rotatable bonds is 4. The number of alkyl halides is 3. The maximum absolute atomic E-state index is 13.3. The molecular weight excluding hydrogens is 395 g/mol. The molecule has 1 atom stereocenters. The molecular formula is C18H18F3N3OS2. The Bertz CT molecular complexity index is 796. The number of aromatic nitrogens is 2. The van der Waals surface area contributed by atoms with E-state index >= 15 is 0 Å². The van der Waals surface area contributed by atoms with Gasteiger partial charge in [-0.25, -0.2) is 9.97 Å². The topological polar surface area (TPSA) is 46.1 Å². The highest BCUT2D eigenvalue weighted by atomic mass is 32.2. The van der Waals surface area contributed by atoms with Gasteiger partial charge in [-0.2, -0.15) is 24.9 Å². The fraction of sp³-hybridized carbons (Fsp3) is 0.389. The molecule has 0 saturated carbocycles. The van der Waals surface area contributed by atoms with Crippen molar-refractivity contribution in [2.45, 2.75) is 23.5 Å². The molecule has 1 aromatic heterocycles. The predicted molar refractivity (Wildman–Crippen MR) is 102 cm³/mol. The van der Waals surface area contributed by atoms with Gasteiger partial charge in [-0.1, -0.05) is 42.1 Å². The lowest BCUT2D eigenvalue weighted by Gasteiger charge is -2.28. The minimum Gasteiger partial charge on any atom is -0.340 e. The molecule has 1 aliphatic rings. The Hall–Kier alpha value is -1.74. The van der Waals surface area contributed by atoms with E-state index in [9.17, 15) is 18.0 Å². The second-order valence-electron chi connectivity index (χ2n) is 5.98. The van der Waals surface area contributed by atoms with Crippen LogP contribution in [0.1, 0.15) is 12.6 Å². The minimum atomic E-state index is -4.58. The molecule has 27 heavy (non-hydrogen) atoms. The van der Waals surface area contributed by atoms with Crippen LogP contribution in [0.5, 0.6) is 0 Å². The Morgan fingerprint density at radius 1 is 1.19 bits per heavy atom. The van der Waals surface area contributed by atoms with Crippen molar-refractivity contribution < 1.29 is 18.0 Å². The van der Waals surface area contributed by atoms with Crippen LogP contribution in [0.2, 0.25) is 0 Å². The molecule has 2 heterocycles. The third-order valence-corrected chi connectivity index (χ3v) is 5.91. The fourth-order valence-electron chi connectivity index (χ4n) is 2.63. The highest BCUT2D eigenvalue weighted by Crippen LogP contribution is 2.33. The van der Waals surface area contributed by atoms with E-state index in [1.807, 2.05) is 0 Å². The smallest absolute Gasteiger partial charge is 0.340 e. The maximum atomic E-state index is 13.3. The molecule has 1 unspecified atom stereocenters. The largest absolute Gasteiger partial charge is 0.433 e. The van der Waals surface area contributed by atoms with Crippen LogP contribution < -0.4 is 0 Å². The Morgan fingerprint density at radius 3 is 2.48 bits per heavy atom. The van der Waals surface area contributed by atoms with Crippen LogP contribution in [0.3, 0.4) is 0 Å². The summed E-state index contributed by atoms with van der Waals surface area (Å²) in [6.45, 7) is 3.00. The molecule has 0 N–H and O–H groups in total. The molecule has 0 radical (unpaired) electrons. The van der Waals surface area contributed by atoms with Crippen molar-refractivity contribution in [1.82, 2.24) is 14.9 Å². The zero-order valence-electron chi connectivity index (χ0n) is 14.6. The number of halogens is 3. The van der Waals surface area contributed by atoms with Crippen LogP contribution >= 0.6 is 23.5 Å². The quantitative estimate of drug-likeness (QED) is 0.555. The zero-order valence-corrected chi connectivity index (χ0v) is 16.2. The van der Waals surface area contributed by atoms with Gasteiger partial charge in [0.25, 0.3) is 0 Å². The third-order valence-electron chi connectivity index (χ3n) is 4.02. The van der Waals surface area contributed by atoms with Crippen molar-refractivity contribution >= 4 is 29.4 Å². The van der Waals surface area contributed by atoms with Gasteiger partial charge in [0.1, 0.15) is 5.69 Å². The first-order chi connectivity index (χ1) is 12.8. The minimum absolute atomic E-state index is 0.0455. The number of hydrogen-bond acceptors (Lipinski definition) is 5. The van der Waals surface area contributed by atoms with Gasteiger partial charge in [-0.3, -0.25) is 4.79 Å². The lowest BCUT2D eigenvalue weighted by atomic mass is 10.1. The summed E-state index contributed by atoms with van der Waals surface area (Å²) in [6.07, 6.45) is -4.58. The van der Waals surface area contributed by atoms with Crippen molar-refractivity contribution in [3.63, 3.8) is 0 Å². The van der Waals surface area contributed by atoms with Crippen LogP contribution in [0.25, 0.3) is 11.3 Å². The predicted octanol–water partition coefficient (Wildman–Crippen LogP) is 4.22. The van der Waals surface area contributed by atoms with E-state index in [0.717, 1.165) is 29.3 Å². The Balaban J connectivity index is 1.86. The number of amides is 1. The molecule has 0 bridgehead atoms. The van der Waals surface area contributed by atoms with E-state index in [1.54, 1.807) is 53.9 Å². The van der Waals surface area contributed by atoms with Gasteiger partial charge >= 0.3 is 6.18 Å². The molecule has 1 saturated heterocycles. The van der Waals surface area contributed by atoms with Gasteiger partial charge in [-0.05, 0) is 13.0 Å². The van der Waals surface area contributed by atoms with Gasteiger partial charge < -0.3 is 4.90 Å². The Labute approximate surface area is 164 Å². The number of carbonyl (C=O) groups excluding carboxylic acids is 1. The van der Waals surface area contributed by atoms with Crippen LogP contribution in [0.4, 0.5) is 13.2 Å². The lowest BCUT2D eigenvalue weighted by molar-refractivity contribution is -0.141. The van der Waals surface area contributed by atoms with Crippen LogP contribution in [0, 0.1) is 0 Å². The van der Waals surface area contributed by atoms with E-state index in [1.165, 1.54) is 0 Å². The highest BCUT2D eigenvalue weighted by Gasteiger charge is 2.34. The van der Waals surface area contributed by atoms with Crippen LogP contribution in [-0.4, -0.2) is 50.6 Å². The van der Waals surface area contributed by atoms with Gasteiger partial charge in [0.05, 0.1) is 10.9 Å². The summed E-state index contributed by atoms with van der Waals surface area (Å²) < 4.78 is 39.8. The van der Waals surface area contributed by atoms with E-state index in [4.69, 9.17) is 0 Å². The van der Waals surface area contributed by atoms with Crippen LogP contribution in [-0.2, 0) is 11.0 Å². The van der Waals surface area contributed by atoms with Crippen molar-refractivity contribution in [3.8, 4) is 11.3 Å².